The predicted molar refractivity (Wildman–Crippen MR) is 138 cm³/mol. The molecule has 11 heteroatoms. The average Bonchev–Trinajstić information content (AvgIpc) is 3.51. The quantitative estimate of drug-likeness (QED) is 0.156. The van der Waals surface area contributed by atoms with E-state index in [0.29, 0.717) is 0 Å². The zero-order chi connectivity index (χ0) is 28.4. The number of benzene rings is 3. The molecule has 5 rings (SSSR count). The summed E-state index contributed by atoms with van der Waals surface area (Å²) in [6, 6.07) is 14.1. The molecule has 3 N–H and O–H groups in total. The van der Waals surface area contributed by atoms with Crippen LogP contribution in [0.1, 0.15) is 5.56 Å². The van der Waals surface area contributed by atoms with Gasteiger partial charge in [-0.15, -0.1) is 0 Å². The predicted octanol–water partition coefficient (Wildman–Crippen LogP) is 4.59. The Kier molecular flexibility index (Phi) is 7.31. The molecule has 0 aliphatic carbocycles. The van der Waals surface area contributed by atoms with Crippen LogP contribution in [0.3, 0.4) is 0 Å². The summed E-state index contributed by atoms with van der Waals surface area (Å²) in [4.78, 5) is 26.5. The molecule has 2 heterocycles. The third-order valence-corrected chi connectivity index (χ3v) is 6.66. The van der Waals surface area contributed by atoms with E-state index in [-0.39, 0.29) is 28.9 Å². The van der Waals surface area contributed by atoms with Crippen LogP contribution in [0.4, 0.5) is 28.9 Å². The number of hydrogen-bond donors (Lipinski definition) is 3. The van der Waals surface area contributed by atoms with Crippen LogP contribution in [0.15, 0.2) is 90.0 Å². The molecule has 1 amide bonds. The molecule has 40 heavy (non-hydrogen) atoms. The van der Waals surface area contributed by atoms with Gasteiger partial charge in [-0.1, -0.05) is 36.4 Å². The summed E-state index contributed by atoms with van der Waals surface area (Å²) < 4.78 is 66.4. The van der Waals surface area contributed by atoms with E-state index in [1.165, 1.54) is 6.07 Å². The third-order valence-electron chi connectivity index (χ3n) is 6.66. The Balaban J connectivity index is 1.55. The van der Waals surface area contributed by atoms with Gasteiger partial charge >= 0.3 is 5.97 Å². The number of fused-ring (bicyclic) bond motifs is 2. The maximum absolute atomic E-state index is 14.1. The van der Waals surface area contributed by atoms with Crippen LogP contribution in [-0.2, 0) is 25.5 Å². The van der Waals surface area contributed by atoms with Gasteiger partial charge in [-0.05, 0) is 42.3 Å². The molecule has 3 unspecified atom stereocenters. The van der Waals surface area contributed by atoms with Gasteiger partial charge in [0.25, 0.3) is 5.91 Å². The van der Waals surface area contributed by atoms with Crippen molar-refractivity contribution < 1.29 is 36.6 Å². The summed E-state index contributed by atoms with van der Waals surface area (Å²) in [6.45, 7) is 0. The summed E-state index contributed by atoms with van der Waals surface area (Å²) in [5.41, 5.74) is 4.05. The highest BCUT2D eigenvalue weighted by atomic mass is 19.2. The van der Waals surface area contributed by atoms with Crippen molar-refractivity contribution in [1.82, 2.24) is 5.43 Å². The highest BCUT2D eigenvalue weighted by Crippen LogP contribution is 2.47. The Labute approximate surface area is 226 Å². The van der Waals surface area contributed by atoms with Crippen LogP contribution < -0.4 is 16.2 Å². The Bertz CT molecular complexity index is 1510. The van der Waals surface area contributed by atoms with Gasteiger partial charge in [0.15, 0.2) is 11.6 Å². The fourth-order valence-electron chi connectivity index (χ4n) is 4.93. The molecule has 2 aliphatic rings. The molecule has 0 saturated carbocycles. The maximum Gasteiger partial charge on any atom is 0.337 e. The molecular weight excluding hydrogens is 530 g/mol. The zero-order valence-electron chi connectivity index (χ0n) is 21.0. The fraction of sp³-hybridized carbons (Fsp3) is 0.172. The monoisotopic (exact) mass is 553 g/mol. The second kappa shape index (κ2) is 10.9. The second-order valence-electron chi connectivity index (χ2n) is 9.22. The molecular formula is C29H23F4N3O4. The highest BCUT2D eigenvalue weighted by molar-refractivity contribution is 6.07. The molecule has 7 nitrogen and oxygen atoms in total. The summed E-state index contributed by atoms with van der Waals surface area (Å²) in [6.07, 6.45) is 2.46. The number of hydrazine groups is 1. The van der Waals surface area contributed by atoms with Crippen molar-refractivity contribution in [3.63, 3.8) is 0 Å². The van der Waals surface area contributed by atoms with Gasteiger partial charge in [-0.25, -0.2) is 22.4 Å². The molecule has 0 spiro atoms. The smallest absolute Gasteiger partial charge is 0.337 e. The van der Waals surface area contributed by atoms with Crippen LogP contribution in [0.5, 0.6) is 0 Å². The van der Waals surface area contributed by atoms with Crippen molar-refractivity contribution in [1.29, 1.82) is 0 Å². The van der Waals surface area contributed by atoms with Gasteiger partial charge in [0.2, 0.25) is 0 Å². The standard InChI is InChI=1S/C29H23F4N3O4/c1-39-28(38)25-23-9-10-29(40-23,26(25)27(37)36-35-19-7-8-21(32)22(33)15-19)24(11-16-5-3-2-4-6-16)34-20-13-17(30)12-18(31)14-20/h2-10,12-15,23-24,34-35H,11H2,1H3,(H,36,37). The summed E-state index contributed by atoms with van der Waals surface area (Å²) in [7, 11) is 1.15. The number of nitrogens with one attached hydrogen (secondary N) is 3. The minimum atomic E-state index is -1.59. The van der Waals surface area contributed by atoms with E-state index >= 15 is 0 Å². The number of amides is 1. The van der Waals surface area contributed by atoms with Crippen molar-refractivity contribution in [2.75, 3.05) is 17.9 Å². The topological polar surface area (TPSA) is 88.7 Å². The first-order valence-corrected chi connectivity index (χ1v) is 12.2. The number of ether oxygens (including phenoxy) is 2. The Morgan fingerprint density at radius 2 is 1.68 bits per heavy atom. The zero-order valence-corrected chi connectivity index (χ0v) is 21.0. The molecule has 3 aromatic carbocycles. The lowest BCUT2D eigenvalue weighted by atomic mass is 9.78. The van der Waals surface area contributed by atoms with Gasteiger partial charge in [-0.2, -0.15) is 0 Å². The van der Waals surface area contributed by atoms with Gasteiger partial charge in [0, 0.05) is 17.8 Å². The van der Waals surface area contributed by atoms with Crippen LogP contribution in [-0.4, -0.2) is 36.7 Å². The van der Waals surface area contributed by atoms with E-state index in [1.54, 1.807) is 12.2 Å². The van der Waals surface area contributed by atoms with E-state index in [4.69, 9.17) is 9.47 Å². The molecule has 0 saturated heterocycles. The molecule has 0 radical (unpaired) electrons. The number of carbonyl (C=O) groups excluding carboxylic acids is 2. The molecule has 2 bridgehead atoms. The first-order chi connectivity index (χ1) is 19.2. The van der Waals surface area contributed by atoms with E-state index < -0.39 is 52.9 Å². The number of hydrogen-bond acceptors (Lipinski definition) is 6. The molecule has 2 aliphatic heterocycles. The van der Waals surface area contributed by atoms with Crippen molar-refractivity contribution >= 4 is 23.3 Å². The first kappa shape index (κ1) is 26.9. The normalized spacial score (nSPS) is 19.9. The highest BCUT2D eigenvalue weighted by Gasteiger charge is 2.58. The Hall–Kier alpha value is -4.64. The molecule has 3 aromatic rings. The first-order valence-electron chi connectivity index (χ1n) is 12.2. The van der Waals surface area contributed by atoms with Gasteiger partial charge < -0.3 is 14.8 Å². The molecule has 3 atom stereocenters. The minimum Gasteiger partial charge on any atom is -0.466 e. The van der Waals surface area contributed by atoms with E-state index in [9.17, 15) is 27.2 Å². The third kappa shape index (κ3) is 5.15. The average molecular weight is 554 g/mol. The van der Waals surface area contributed by atoms with Crippen molar-refractivity contribution in [2.45, 2.75) is 24.2 Å². The summed E-state index contributed by atoms with van der Waals surface area (Å²) in [5.74, 6) is -5.46. The summed E-state index contributed by atoms with van der Waals surface area (Å²) in [5, 5.41) is 3.09. The fourth-order valence-corrected chi connectivity index (χ4v) is 4.93. The number of esters is 1. The Morgan fingerprint density at radius 3 is 2.35 bits per heavy atom. The SMILES string of the molecule is COC(=O)C1=C(C(=O)NNc2ccc(F)c(F)c2)C2(C(Cc3ccccc3)Nc3cc(F)cc(F)c3)C=CC1O2. The largest absolute Gasteiger partial charge is 0.466 e. The Morgan fingerprint density at radius 1 is 0.950 bits per heavy atom. The number of anilines is 2. The maximum atomic E-state index is 14.1. The van der Waals surface area contributed by atoms with E-state index in [2.05, 4.69) is 16.2 Å². The van der Waals surface area contributed by atoms with E-state index in [0.717, 1.165) is 43.0 Å². The second-order valence-corrected chi connectivity index (χ2v) is 9.22. The number of methoxy groups -OCH3 is 1. The molecule has 206 valence electrons. The van der Waals surface area contributed by atoms with Crippen molar-refractivity contribution in [3.8, 4) is 0 Å². The molecule has 0 aromatic heterocycles. The number of carbonyl (C=O) groups is 2. The number of rotatable bonds is 9. The minimum absolute atomic E-state index is 0.0373. The lowest BCUT2D eigenvalue weighted by Gasteiger charge is -2.36. The van der Waals surface area contributed by atoms with Crippen LogP contribution >= 0.6 is 0 Å². The van der Waals surface area contributed by atoms with Crippen LogP contribution in [0.25, 0.3) is 0 Å². The van der Waals surface area contributed by atoms with Crippen molar-refractivity contribution in [2.24, 2.45) is 0 Å². The van der Waals surface area contributed by atoms with Gasteiger partial charge in [-0.3, -0.25) is 15.6 Å². The van der Waals surface area contributed by atoms with E-state index in [1.807, 2.05) is 30.3 Å². The lowest BCUT2D eigenvalue weighted by Crippen LogP contribution is -2.51. The van der Waals surface area contributed by atoms with Gasteiger partial charge in [0.1, 0.15) is 23.3 Å². The van der Waals surface area contributed by atoms with Gasteiger partial charge in [0.05, 0.1) is 30.0 Å². The summed E-state index contributed by atoms with van der Waals surface area (Å²) >= 11 is 0. The lowest BCUT2D eigenvalue weighted by molar-refractivity contribution is -0.137. The van der Waals surface area contributed by atoms with Crippen LogP contribution in [0.2, 0.25) is 0 Å². The number of halogens is 4. The molecule has 0 fully saturated rings. The van der Waals surface area contributed by atoms with Crippen molar-refractivity contribution in [3.05, 3.63) is 119 Å². The van der Waals surface area contributed by atoms with Crippen LogP contribution in [0, 0.1) is 23.3 Å².